The summed E-state index contributed by atoms with van der Waals surface area (Å²) in [4.78, 5) is 4.92. The molecule has 2 aromatic rings. The van der Waals surface area contributed by atoms with Crippen LogP contribution in [0.15, 0.2) is 51.0 Å². The number of nitrogens with zero attached hydrogens (tertiary/aromatic N) is 1. The Morgan fingerprint density at radius 3 is 2.56 bits per heavy atom. The Morgan fingerprint density at radius 2 is 1.96 bits per heavy atom. The zero-order valence-corrected chi connectivity index (χ0v) is 17.6. The molecule has 0 bridgehead atoms. The van der Waals surface area contributed by atoms with Crippen LogP contribution in [0.5, 0.6) is 5.75 Å². The maximum Gasteiger partial charge on any atom is 0.191 e. The third-order valence-corrected chi connectivity index (χ3v) is 5.72. The fourth-order valence-corrected chi connectivity index (χ4v) is 3.76. The average molecular weight is 410 g/mol. The van der Waals surface area contributed by atoms with Crippen LogP contribution in [0, 0.1) is 0 Å². The van der Waals surface area contributed by atoms with Crippen LogP contribution < -0.4 is 15.4 Å². The van der Waals surface area contributed by atoms with E-state index in [1.54, 1.807) is 35.6 Å². The number of guanidine groups is 1. The summed E-state index contributed by atoms with van der Waals surface area (Å²) in [6.07, 6.45) is 1.19. The van der Waals surface area contributed by atoms with Crippen LogP contribution in [0.2, 0.25) is 0 Å². The molecule has 1 atom stereocenters. The number of sulfone groups is 1. The molecule has 0 amide bonds. The zero-order valence-electron chi connectivity index (χ0n) is 15.9. The van der Waals surface area contributed by atoms with Gasteiger partial charge < -0.3 is 15.4 Å². The van der Waals surface area contributed by atoms with Gasteiger partial charge in [0.1, 0.15) is 12.4 Å². The van der Waals surface area contributed by atoms with Gasteiger partial charge in [0.05, 0.1) is 11.4 Å². The van der Waals surface area contributed by atoms with Crippen molar-refractivity contribution >= 4 is 27.1 Å². The van der Waals surface area contributed by atoms with Crippen molar-refractivity contribution < 1.29 is 13.2 Å². The first-order chi connectivity index (χ1) is 12.9. The van der Waals surface area contributed by atoms with Gasteiger partial charge in [-0.3, -0.25) is 4.99 Å². The van der Waals surface area contributed by atoms with Crippen LogP contribution in [0.3, 0.4) is 0 Å². The Bertz CT molecular complexity index is 816. The van der Waals surface area contributed by atoms with E-state index < -0.39 is 9.84 Å². The highest BCUT2D eigenvalue weighted by Gasteiger charge is 2.07. The van der Waals surface area contributed by atoms with Gasteiger partial charge >= 0.3 is 0 Å². The van der Waals surface area contributed by atoms with Crippen molar-refractivity contribution in [2.24, 2.45) is 4.99 Å². The van der Waals surface area contributed by atoms with Crippen molar-refractivity contribution in [3.05, 3.63) is 46.7 Å². The molecule has 1 aromatic carbocycles. The van der Waals surface area contributed by atoms with Crippen LogP contribution in [-0.2, 0) is 9.84 Å². The monoisotopic (exact) mass is 409 g/mol. The van der Waals surface area contributed by atoms with E-state index in [0.29, 0.717) is 31.4 Å². The molecule has 0 radical (unpaired) electrons. The smallest absolute Gasteiger partial charge is 0.191 e. The summed E-state index contributed by atoms with van der Waals surface area (Å²) in [5.74, 6) is 1.77. The maximum atomic E-state index is 11.5. The first-order valence-corrected chi connectivity index (χ1v) is 11.7. The van der Waals surface area contributed by atoms with Gasteiger partial charge in [0.15, 0.2) is 15.8 Å². The van der Waals surface area contributed by atoms with E-state index in [1.165, 1.54) is 11.8 Å². The van der Waals surface area contributed by atoms with Gasteiger partial charge in [-0.25, -0.2) is 8.42 Å². The van der Waals surface area contributed by atoms with Crippen molar-refractivity contribution in [1.82, 2.24) is 10.6 Å². The molecule has 148 valence electrons. The first kappa shape index (κ1) is 21.2. The molecule has 2 N–H and O–H groups in total. The maximum absolute atomic E-state index is 11.5. The summed E-state index contributed by atoms with van der Waals surface area (Å²) in [6.45, 7) is 6.72. The number of rotatable bonds is 9. The van der Waals surface area contributed by atoms with Gasteiger partial charge in [-0.1, -0.05) is 6.92 Å². The third kappa shape index (κ3) is 7.22. The minimum atomic E-state index is -3.18. The van der Waals surface area contributed by atoms with E-state index in [4.69, 9.17) is 4.74 Å². The van der Waals surface area contributed by atoms with Gasteiger partial charge in [-0.05, 0) is 53.6 Å². The molecule has 8 heteroatoms. The highest BCUT2D eigenvalue weighted by Crippen LogP contribution is 2.18. The van der Waals surface area contributed by atoms with Gasteiger partial charge in [0.25, 0.3) is 0 Å². The van der Waals surface area contributed by atoms with Gasteiger partial charge in [0, 0.05) is 25.3 Å². The zero-order chi connectivity index (χ0) is 19.7. The molecule has 0 fully saturated rings. The molecule has 0 aliphatic carbocycles. The fraction of sp³-hybridized carbons (Fsp3) is 0.421. The molecule has 1 aromatic heterocycles. The van der Waals surface area contributed by atoms with Crippen LogP contribution >= 0.6 is 11.3 Å². The van der Waals surface area contributed by atoms with E-state index in [0.717, 1.165) is 12.5 Å². The number of aliphatic imine (C=N–C) groups is 1. The lowest BCUT2D eigenvalue weighted by molar-refractivity contribution is 0.321. The Kier molecular flexibility index (Phi) is 8.12. The largest absolute Gasteiger partial charge is 0.492 e. The summed E-state index contributed by atoms with van der Waals surface area (Å²) >= 11 is 1.70. The SMILES string of the molecule is CCNC(=NCC(C)c1ccsc1)NCCOc1ccc(S(C)(=O)=O)cc1. The summed E-state index contributed by atoms with van der Waals surface area (Å²) in [5.41, 5.74) is 1.31. The molecule has 0 aliphatic rings. The van der Waals surface area contributed by atoms with Crippen molar-refractivity contribution in [2.45, 2.75) is 24.7 Å². The molecule has 0 aliphatic heterocycles. The second-order valence-corrected chi connectivity index (χ2v) is 8.99. The highest BCUT2D eigenvalue weighted by molar-refractivity contribution is 7.90. The molecule has 0 spiro atoms. The van der Waals surface area contributed by atoms with Gasteiger partial charge in [-0.2, -0.15) is 11.3 Å². The van der Waals surface area contributed by atoms with E-state index >= 15 is 0 Å². The average Bonchev–Trinajstić information content (AvgIpc) is 3.17. The molecule has 6 nitrogen and oxygen atoms in total. The number of nitrogens with one attached hydrogen (secondary N) is 2. The van der Waals surface area contributed by atoms with Crippen LogP contribution in [-0.4, -0.2) is 46.9 Å². The van der Waals surface area contributed by atoms with Crippen LogP contribution in [0.4, 0.5) is 0 Å². The van der Waals surface area contributed by atoms with Crippen molar-refractivity contribution in [3.8, 4) is 5.75 Å². The molecule has 2 rings (SSSR count). The predicted octanol–water partition coefficient (Wildman–Crippen LogP) is 2.89. The Hall–Kier alpha value is -2.06. The van der Waals surface area contributed by atoms with Crippen molar-refractivity contribution in [1.29, 1.82) is 0 Å². The third-order valence-electron chi connectivity index (χ3n) is 3.89. The number of hydrogen-bond donors (Lipinski definition) is 2. The quantitative estimate of drug-likeness (QED) is 0.378. The Balaban J connectivity index is 1.79. The Morgan fingerprint density at radius 1 is 1.22 bits per heavy atom. The summed E-state index contributed by atoms with van der Waals surface area (Å²) in [6, 6.07) is 8.56. The number of hydrogen-bond acceptors (Lipinski definition) is 5. The summed E-state index contributed by atoms with van der Waals surface area (Å²) < 4.78 is 28.6. The van der Waals surface area contributed by atoms with Gasteiger partial charge in [0.2, 0.25) is 0 Å². The lowest BCUT2D eigenvalue weighted by Gasteiger charge is -2.13. The normalized spacial score (nSPS) is 13.2. The minimum Gasteiger partial charge on any atom is -0.492 e. The topological polar surface area (TPSA) is 79.8 Å². The molecule has 1 unspecified atom stereocenters. The van der Waals surface area contributed by atoms with E-state index in [2.05, 4.69) is 39.4 Å². The molecule has 0 saturated heterocycles. The van der Waals surface area contributed by atoms with Crippen LogP contribution in [0.25, 0.3) is 0 Å². The number of benzene rings is 1. The lowest BCUT2D eigenvalue weighted by Crippen LogP contribution is -2.39. The van der Waals surface area contributed by atoms with E-state index in [9.17, 15) is 8.42 Å². The molecular weight excluding hydrogens is 382 g/mol. The fourth-order valence-electron chi connectivity index (χ4n) is 2.35. The minimum absolute atomic E-state index is 0.286. The van der Waals surface area contributed by atoms with Gasteiger partial charge in [-0.15, -0.1) is 0 Å². The second kappa shape index (κ2) is 10.3. The summed E-state index contributed by atoms with van der Waals surface area (Å²) in [7, 11) is -3.18. The molecule has 0 saturated carbocycles. The number of ether oxygens (including phenoxy) is 1. The predicted molar refractivity (Wildman–Crippen MR) is 112 cm³/mol. The Labute approximate surface area is 165 Å². The van der Waals surface area contributed by atoms with Crippen molar-refractivity contribution in [3.63, 3.8) is 0 Å². The summed E-state index contributed by atoms with van der Waals surface area (Å²) in [5, 5.41) is 10.7. The molecular formula is C19H27N3O3S2. The highest BCUT2D eigenvalue weighted by atomic mass is 32.2. The van der Waals surface area contributed by atoms with E-state index in [-0.39, 0.29) is 4.90 Å². The van der Waals surface area contributed by atoms with E-state index in [1.807, 2.05) is 6.92 Å². The number of thiophene rings is 1. The molecule has 27 heavy (non-hydrogen) atoms. The lowest BCUT2D eigenvalue weighted by atomic mass is 10.1. The standard InChI is InChI=1S/C19H27N3O3S2/c1-4-20-19(22-13-15(2)16-9-12-26-14-16)21-10-11-25-17-5-7-18(8-6-17)27(3,23)24/h5-9,12,14-15H,4,10-11,13H2,1-3H3,(H2,20,21,22). The van der Waals surface area contributed by atoms with Crippen LogP contribution in [0.1, 0.15) is 25.3 Å². The first-order valence-electron chi connectivity index (χ1n) is 8.87. The second-order valence-electron chi connectivity index (χ2n) is 6.20. The van der Waals surface area contributed by atoms with Crippen molar-refractivity contribution in [2.75, 3.05) is 32.5 Å². The molecule has 1 heterocycles.